The van der Waals surface area contributed by atoms with E-state index in [1.54, 1.807) is 0 Å². The van der Waals surface area contributed by atoms with Crippen LogP contribution >= 0.6 is 0 Å². The smallest absolute Gasteiger partial charge is 0.252 e. The van der Waals surface area contributed by atoms with E-state index in [-0.39, 0.29) is 5.91 Å². The lowest BCUT2D eigenvalue weighted by Gasteiger charge is -2.39. The fourth-order valence-electron chi connectivity index (χ4n) is 3.86. The highest BCUT2D eigenvalue weighted by atomic mass is 16.1. The predicted octanol–water partition coefficient (Wildman–Crippen LogP) is 4.40. The third kappa shape index (κ3) is 2.90. The molecule has 1 unspecified atom stereocenters. The third-order valence-electron chi connectivity index (χ3n) is 5.20. The largest absolute Gasteiger partial charge is 0.337 e. The molecule has 1 heterocycles. The summed E-state index contributed by atoms with van der Waals surface area (Å²) in [5.74, 6) is -0.0651. The van der Waals surface area contributed by atoms with Gasteiger partial charge in [0.15, 0.2) is 0 Å². The van der Waals surface area contributed by atoms with E-state index in [9.17, 15) is 4.79 Å². The number of pyridine rings is 1. The molecule has 26 heavy (non-hydrogen) atoms. The zero-order valence-corrected chi connectivity index (χ0v) is 14.9. The summed E-state index contributed by atoms with van der Waals surface area (Å²) in [5.41, 5.74) is 4.56. The third-order valence-corrected chi connectivity index (χ3v) is 5.20. The Morgan fingerprint density at radius 1 is 1.00 bits per heavy atom. The Balaban J connectivity index is 1.83. The van der Waals surface area contributed by atoms with Crippen molar-refractivity contribution in [2.45, 2.75) is 31.7 Å². The molecule has 0 radical (unpaired) electrons. The van der Waals surface area contributed by atoms with Crippen LogP contribution in [0, 0.1) is 6.92 Å². The van der Waals surface area contributed by atoms with Crippen LogP contribution in [0.15, 0.2) is 72.9 Å². The van der Waals surface area contributed by atoms with Gasteiger partial charge in [0.1, 0.15) is 5.54 Å². The second-order valence-corrected chi connectivity index (χ2v) is 6.96. The molecule has 0 saturated carbocycles. The Labute approximate surface area is 154 Å². The maximum Gasteiger partial charge on any atom is 0.252 e. The van der Waals surface area contributed by atoms with Gasteiger partial charge in [-0.2, -0.15) is 0 Å². The maximum atomic E-state index is 13.0. The van der Waals surface area contributed by atoms with Crippen molar-refractivity contribution in [1.29, 1.82) is 0 Å². The molecule has 1 aliphatic rings. The van der Waals surface area contributed by atoms with E-state index in [0.29, 0.717) is 5.56 Å². The molecular weight excluding hydrogens is 320 g/mol. The van der Waals surface area contributed by atoms with Gasteiger partial charge in [-0.3, -0.25) is 9.78 Å². The molecule has 0 spiro atoms. The van der Waals surface area contributed by atoms with E-state index >= 15 is 0 Å². The molecule has 3 heteroatoms. The van der Waals surface area contributed by atoms with E-state index in [1.807, 2.05) is 42.6 Å². The van der Waals surface area contributed by atoms with Gasteiger partial charge in [-0.1, -0.05) is 54.1 Å². The van der Waals surface area contributed by atoms with E-state index in [0.717, 1.165) is 30.5 Å². The maximum absolute atomic E-state index is 13.0. The number of nitrogens with zero attached hydrogens (tertiary/aromatic N) is 1. The van der Waals surface area contributed by atoms with Crippen molar-refractivity contribution >= 4 is 5.91 Å². The van der Waals surface area contributed by atoms with Gasteiger partial charge in [-0.25, -0.2) is 0 Å². The van der Waals surface area contributed by atoms with Gasteiger partial charge in [-0.15, -0.1) is 0 Å². The summed E-state index contributed by atoms with van der Waals surface area (Å²) in [6.45, 7) is 2.08. The Morgan fingerprint density at radius 2 is 1.77 bits per heavy atom. The molecular formula is C23H22N2O. The lowest BCUT2D eigenvalue weighted by Crippen LogP contribution is -2.49. The van der Waals surface area contributed by atoms with Gasteiger partial charge in [0, 0.05) is 11.8 Å². The van der Waals surface area contributed by atoms with Crippen molar-refractivity contribution < 1.29 is 4.79 Å². The molecule has 1 aliphatic carbocycles. The molecule has 3 nitrogen and oxygen atoms in total. The molecule has 1 aromatic heterocycles. The summed E-state index contributed by atoms with van der Waals surface area (Å²) in [7, 11) is 0. The first-order chi connectivity index (χ1) is 12.7. The molecule has 3 aromatic rings. The standard InChI is InChI=1S/C23H22N2O/c1-17-11-13-20(14-12-17)23(25-22(26)19-7-3-2-4-8-19)15-5-9-18-10-6-16-24-21(18)23/h2-4,6-8,10-14,16H,5,9,15H2,1H3,(H,25,26). The fourth-order valence-corrected chi connectivity index (χ4v) is 3.86. The normalized spacial score (nSPS) is 18.8. The van der Waals surface area contributed by atoms with Crippen molar-refractivity contribution in [2.75, 3.05) is 0 Å². The summed E-state index contributed by atoms with van der Waals surface area (Å²) in [6.07, 6.45) is 4.68. The first-order valence-corrected chi connectivity index (χ1v) is 9.08. The van der Waals surface area contributed by atoms with Gasteiger partial charge < -0.3 is 5.32 Å². The second-order valence-electron chi connectivity index (χ2n) is 6.96. The highest BCUT2D eigenvalue weighted by molar-refractivity contribution is 5.95. The Hall–Kier alpha value is -2.94. The lowest BCUT2D eigenvalue weighted by atomic mass is 9.75. The summed E-state index contributed by atoms with van der Waals surface area (Å²) in [6, 6.07) is 21.9. The van der Waals surface area contributed by atoms with Crippen molar-refractivity contribution in [3.63, 3.8) is 0 Å². The molecule has 4 rings (SSSR count). The van der Waals surface area contributed by atoms with Crippen molar-refractivity contribution in [3.8, 4) is 0 Å². The Bertz CT molecular complexity index is 918. The van der Waals surface area contributed by atoms with Crippen LogP contribution in [0.1, 0.15) is 45.6 Å². The second kappa shape index (κ2) is 6.75. The van der Waals surface area contributed by atoms with Crippen molar-refractivity contribution in [1.82, 2.24) is 10.3 Å². The van der Waals surface area contributed by atoms with Gasteiger partial charge in [0.05, 0.1) is 5.69 Å². The first-order valence-electron chi connectivity index (χ1n) is 9.08. The Morgan fingerprint density at radius 3 is 2.54 bits per heavy atom. The van der Waals surface area contributed by atoms with Crippen molar-refractivity contribution in [3.05, 3.63) is 101 Å². The highest BCUT2D eigenvalue weighted by Gasteiger charge is 2.41. The van der Waals surface area contributed by atoms with Crippen LogP contribution in [0.5, 0.6) is 0 Å². The molecule has 0 fully saturated rings. The summed E-state index contributed by atoms with van der Waals surface area (Å²) in [5, 5.41) is 3.34. The van der Waals surface area contributed by atoms with Gasteiger partial charge in [0.2, 0.25) is 0 Å². The van der Waals surface area contributed by atoms with Crippen LogP contribution in [0.3, 0.4) is 0 Å². The fraction of sp³-hybridized carbons (Fsp3) is 0.217. The monoisotopic (exact) mass is 342 g/mol. The SMILES string of the molecule is Cc1ccc(C2(NC(=O)c3ccccc3)CCCc3cccnc32)cc1. The molecule has 1 N–H and O–H groups in total. The highest BCUT2D eigenvalue weighted by Crippen LogP contribution is 2.39. The molecule has 2 aromatic carbocycles. The minimum Gasteiger partial charge on any atom is -0.337 e. The van der Waals surface area contributed by atoms with E-state index in [2.05, 4.69) is 42.6 Å². The number of benzene rings is 2. The predicted molar refractivity (Wildman–Crippen MR) is 103 cm³/mol. The van der Waals surface area contributed by atoms with Crippen LogP contribution in [0.25, 0.3) is 0 Å². The van der Waals surface area contributed by atoms with Crippen LogP contribution in [0.2, 0.25) is 0 Å². The number of hydrogen-bond acceptors (Lipinski definition) is 2. The van der Waals surface area contributed by atoms with Crippen LogP contribution < -0.4 is 5.32 Å². The molecule has 0 saturated heterocycles. The van der Waals surface area contributed by atoms with E-state index < -0.39 is 5.54 Å². The first kappa shape index (κ1) is 16.5. The summed E-state index contributed by atoms with van der Waals surface area (Å²) >= 11 is 0. The average molecular weight is 342 g/mol. The number of carbonyl (C=O) groups excluding carboxylic acids is 1. The molecule has 0 bridgehead atoms. The molecule has 1 atom stereocenters. The van der Waals surface area contributed by atoms with Gasteiger partial charge in [0.25, 0.3) is 5.91 Å². The molecule has 0 aliphatic heterocycles. The topological polar surface area (TPSA) is 42.0 Å². The number of hydrogen-bond donors (Lipinski definition) is 1. The lowest BCUT2D eigenvalue weighted by molar-refractivity contribution is 0.0902. The number of nitrogens with one attached hydrogen (secondary N) is 1. The number of carbonyl (C=O) groups is 1. The summed E-state index contributed by atoms with van der Waals surface area (Å²) < 4.78 is 0. The zero-order chi connectivity index (χ0) is 18.0. The van der Waals surface area contributed by atoms with Crippen LogP contribution in [0.4, 0.5) is 0 Å². The Kier molecular flexibility index (Phi) is 4.29. The van der Waals surface area contributed by atoms with E-state index in [4.69, 9.17) is 4.98 Å². The average Bonchev–Trinajstić information content (AvgIpc) is 2.69. The summed E-state index contributed by atoms with van der Waals surface area (Å²) in [4.78, 5) is 17.7. The minimum absolute atomic E-state index is 0.0651. The molecule has 1 amide bonds. The number of fused-ring (bicyclic) bond motifs is 1. The number of aromatic nitrogens is 1. The van der Waals surface area contributed by atoms with Crippen molar-refractivity contribution in [2.24, 2.45) is 0 Å². The minimum atomic E-state index is -0.588. The number of rotatable bonds is 3. The van der Waals surface area contributed by atoms with E-state index in [1.165, 1.54) is 11.1 Å². The number of amides is 1. The van der Waals surface area contributed by atoms with Crippen LogP contribution in [-0.4, -0.2) is 10.9 Å². The number of aryl methyl sites for hydroxylation is 2. The zero-order valence-electron chi connectivity index (χ0n) is 14.9. The quantitative estimate of drug-likeness (QED) is 0.766. The van der Waals surface area contributed by atoms with Gasteiger partial charge in [-0.05, 0) is 55.5 Å². The van der Waals surface area contributed by atoms with Crippen LogP contribution in [-0.2, 0) is 12.0 Å². The van der Waals surface area contributed by atoms with Gasteiger partial charge >= 0.3 is 0 Å². The molecule has 130 valence electrons.